The minimum Gasteiger partial charge on any atom is -0.321 e. The normalized spacial score (nSPS) is 13.2. The summed E-state index contributed by atoms with van der Waals surface area (Å²) in [6, 6.07) is 17.1. The molecule has 0 bridgehead atoms. The number of anilines is 1. The van der Waals surface area contributed by atoms with E-state index in [1.807, 2.05) is 27.7 Å². The zero-order valence-electron chi connectivity index (χ0n) is 21.3. The highest BCUT2D eigenvalue weighted by Gasteiger charge is 2.32. The molecule has 3 aromatic carbocycles. The first-order valence-corrected chi connectivity index (χ1v) is 13.7. The number of nitrogens with zero attached hydrogens (tertiary/aromatic N) is 1. The van der Waals surface area contributed by atoms with Crippen LogP contribution >= 0.6 is 0 Å². The van der Waals surface area contributed by atoms with Gasteiger partial charge >= 0.3 is 0 Å². The van der Waals surface area contributed by atoms with E-state index >= 15 is 0 Å². The molecule has 1 amide bonds. The largest absolute Gasteiger partial charge is 0.321 e. The number of carbonyl (C=O) groups excluding carboxylic acids is 3. The Hall–Kier alpha value is -3.62. The molecule has 192 valence electrons. The quantitative estimate of drug-likeness (QED) is 0.353. The van der Waals surface area contributed by atoms with Crippen molar-refractivity contribution in [2.45, 2.75) is 32.6 Å². The molecular formula is C29H30N2O5S. The third-order valence-corrected chi connectivity index (χ3v) is 7.94. The Morgan fingerprint density at radius 1 is 0.757 bits per heavy atom. The van der Waals surface area contributed by atoms with Gasteiger partial charge in [-0.3, -0.25) is 14.4 Å². The molecule has 0 atom stereocenters. The molecule has 37 heavy (non-hydrogen) atoms. The number of benzene rings is 3. The highest BCUT2D eigenvalue weighted by molar-refractivity contribution is 7.89. The average Bonchev–Trinajstić information content (AvgIpc) is 2.86. The van der Waals surface area contributed by atoms with Crippen molar-refractivity contribution in [2.24, 2.45) is 11.8 Å². The summed E-state index contributed by atoms with van der Waals surface area (Å²) in [4.78, 5) is 39.3. The summed E-state index contributed by atoms with van der Waals surface area (Å²) >= 11 is 0. The lowest BCUT2D eigenvalue weighted by atomic mass is 9.83. The molecule has 0 radical (unpaired) electrons. The van der Waals surface area contributed by atoms with Crippen molar-refractivity contribution in [1.82, 2.24) is 4.31 Å². The van der Waals surface area contributed by atoms with Gasteiger partial charge in [0, 0.05) is 35.3 Å². The van der Waals surface area contributed by atoms with Crippen molar-refractivity contribution in [3.8, 4) is 0 Å². The molecule has 3 aromatic rings. The van der Waals surface area contributed by atoms with Gasteiger partial charge in [-0.05, 0) is 42.2 Å². The number of sulfonamides is 1. The van der Waals surface area contributed by atoms with E-state index in [1.165, 1.54) is 28.6 Å². The van der Waals surface area contributed by atoms with Crippen LogP contribution in [0.25, 0.3) is 0 Å². The van der Waals surface area contributed by atoms with Crippen LogP contribution in [-0.2, 0) is 10.0 Å². The molecule has 0 aliphatic heterocycles. The number of hydrogen-bond acceptors (Lipinski definition) is 5. The van der Waals surface area contributed by atoms with Gasteiger partial charge < -0.3 is 5.32 Å². The number of hydrogen-bond donors (Lipinski definition) is 1. The number of carbonyl (C=O) groups is 3. The van der Waals surface area contributed by atoms with Crippen LogP contribution in [0.3, 0.4) is 0 Å². The van der Waals surface area contributed by atoms with Crippen LogP contribution in [-0.4, -0.2) is 43.3 Å². The van der Waals surface area contributed by atoms with E-state index in [0.29, 0.717) is 24.2 Å². The summed E-state index contributed by atoms with van der Waals surface area (Å²) in [7, 11) is -3.73. The number of amides is 1. The summed E-state index contributed by atoms with van der Waals surface area (Å²) in [5.74, 6) is -0.798. The Balaban J connectivity index is 1.59. The van der Waals surface area contributed by atoms with Crippen molar-refractivity contribution in [2.75, 3.05) is 18.4 Å². The van der Waals surface area contributed by atoms with Crippen LogP contribution in [0, 0.1) is 11.8 Å². The summed E-state index contributed by atoms with van der Waals surface area (Å²) in [6.45, 7) is 8.67. The minimum absolute atomic E-state index is 0.111. The van der Waals surface area contributed by atoms with E-state index in [4.69, 9.17) is 0 Å². The standard InChI is InChI=1S/C29H30N2O5S/c1-18(2)16-31(17-19(3)4)37(35,36)21-14-12-20(13-15-21)29(34)30-25-11-7-10-24-26(25)28(33)23-9-6-5-8-22(23)27(24)32/h5-15,18-19H,16-17H2,1-4H3,(H,30,34). The number of rotatable bonds is 8. The summed E-state index contributed by atoms with van der Waals surface area (Å²) < 4.78 is 28.0. The van der Waals surface area contributed by atoms with Gasteiger partial charge in [0.05, 0.1) is 16.1 Å². The average molecular weight is 519 g/mol. The van der Waals surface area contributed by atoms with E-state index in [1.54, 1.807) is 42.5 Å². The molecule has 0 saturated carbocycles. The van der Waals surface area contributed by atoms with Crippen molar-refractivity contribution in [1.29, 1.82) is 0 Å². The van der Waals surface area contributed by atoms with Crippen LogP contribution in [0.15, 0.2) is 71.6 Å². The molecule has 0 heterocycles. The fourth-order valence-corrected chi connectivity index (χ4v) is 6.22. The van der Waals surface area contributed by atoms with Gasteiger partial charge in [-0.25, -0.2) is 8.42 Å². The third kappa shape index (κ3) is 5.26. The zero-order chi connectivity index (χ0) is 26.9. The topological polar surface area (TPSA) is 101 Å². The molecular weight excluding hydrogens is 488 g/mol. The SMILES string of the molecule is CC(C)CN(CC(C)C)S(=O)(=O)c1ccc(C(=O)Nc2cccc3c2C(=O)c2ccccc2C3=O)cc1. The molecule has 1 N–H and O–H groups in total. The second kappa shape index (κ2) is 10.4. The monoisotopic (exact) mass is 518 g/mol. The lowest BCUT2D eigenvalue weighted by Gasteiger charge is -2.25. The van der Waals surface area contributed by atoms with E-state index < -0.39 is 15.9 Å². The second-order valence-electron chi connectivity index (χ2n) is 10.0. The Kier molecular flexibility index (Phi) is 7.43. The third-order valence-electron chi connectivity index (χ3n) is 6.09. The van der Waals surface area contributed by atoms with Gasteiger partial charge in [0.25, 0.3) is 5.91 Å². The molecule has 0 spiro atoms. The predicted molar refractivity (Wildman–Crippen MR) is 143 cm³/mol. The van der Waals surface area contributed by atoms with Crippen LogP contribution in [0.5, 0.6) is 0 Å². The van der Waals surface area contributed by atoms with Gasteiger partial charge in [0.15, 0.2) is 11.6 Å². The lowest BCUT2D eigenvalue weighted by Crippen LogP contribution is -2.37. The Morgan fingerprint density at radius 3 is 1.86 bits per heavy atom. The van der Waals surface area contributed by atoms with Crippen molar-refractivity contribution < 1.29 is 22.8 Å². The van der Waals surface area contributed by atoms with Crippen LogP contribution < -0.4 is 5.32 Å². The maximum absolute atomic E-state index is 13.3. The first-order valence-electron chi connectivity index (χ1n) is 12.2. The fourth-order valence-electron chi connectivity index (χ4n) is 4.46. The van der Waals surface area contributed by atoms with Gasteiger partial charge in [-0.2, -0.15) is 4.31 Å². The van der Waals surface area contributed by atoms with E-state index in [-0.39, 0.29) is 50.7 Å². The smallest absolute Gasteiger partial charge is 0.255 e. The number of nitrogens with one attached hydrogen (secondary N) is 1. The first-order chi connectivity index (χ1) is 17.5. The molecule has 1 aliphatic rings. The summed E-state index contributed by atoms with van der Waals surface area (Å²) in [5, 5.41) is 2.73. The second-order valence-corrected chi connectivity index (χ2v) is 12.0. The minimum atomic E-state index is -3.73. The Bertz CT molecular complexity index is 1460. The maximum atomic E-state index is 13.3. The molecule has 4 rings (SSSR count). The molecule has 0 saturated heterocycles. The van der Waals surface area contributed by atoms with Crippen LogP contribution in [0.2, 0.25) is 0 Å². The summed E-state index contributed by atoms with van der Waals surface area (Å²) in [6.07, 6.45) is 0. The highest BCUT2D eigenvalue weighted by atomic mass is 32.2. The van der Waals surface area contributed by atoms with E-state index in [0.717, 1.165) is 0 Å². The van der Waals surface area contributed by atoms with Crippen LogP contribution in [0.1, 0.15) is 69.9 Å². The molecule has 8 heteroatoms. The Labute approximate surface area is 217 Å². The molecule has 0 aromatic heterocycles. The summed E-state index contributed by atoms with van der Waals surface area (Å²) in [5.41, 5.74) is 1.47. The maximum Gasteiger partial charge on any atom is 0.255 e. The van der Waals surface area contributed by atoms with Crippen molar-refractivity contribution >= 4 is 33.2 Å². The molecule has 7 nitrogen and oxygen atoms in total. The van der Waals surface area contributed by atoms with Crippen molar-refractivity contribution in [3.05, 3.63) is 94.5 Å². The van der Waals surface area contributed by atoms with E-state index in [9.17, 15) is 22.8 Å². The molecule has 1 aliphatic carbocycles. The predicted octanol–water partition coefficient (Wildman–Crippen LogP) is 5.02. The highest BCUT2D eigenvalue weighted by Crippen LogP contribution is 2.32. The van der Waals surface area contributed by atoms with Gasteiger partial charge in [0.2, 0.25) is 10.0 Å². The molecule has 0 unspecified atom stereocenters. The van der Waals surface area contributed by atoms with Gasteiger partial charge in [-0.1, -0.05) is 64.1 Å². The first kappa shape index (κ1) is 26.4. The van der Waals surface area contributed by atoms with Crippen LogP contribution in [0.4, 0.5) is 5.69 Å². The van der Waals surface area contributed by atoms with Crippen molar-refractivity contribution in [3.63, 3.8) is 0 Å². The fraction of sp³-hybridized carbons (Fsp3) is 0.276. The number of ketones is 2. The van der Waals surface area contributed by atoms with Gasteiger partial charge in [-0.15, -0.1) is 0 Å². The molecule has 0 fully saturated rings. The lowest BCUT2D eigenvalue weighted by molar-refractivity contribution is 0.0978. The van der Waals surface area contributed by atoms with Gasteiger partial charge in [0.1, 0.15) is 0 Å². The number of fused-ring (bicyclic) bond motifs is 2. The Morgan fingerprint density at radius 2 is 1.30 bits per heavy atom. The zero-order valence-corrected chi connectivity index (χ0v) is 22.1. The van der Waals surface area contributed by atoms with E-state index in [2.05, 4.69) is 5.32 Å².